The van der Waals surface area contributed by atoms with Crippen molar-refractivity contribution in [2.24, 2.45) is 0 Å². The number of nitrogens with zero attached hydrogens (tertiary/aromatic N) is 4. The second-order valence-electron chi connectivity index (χ2n) is 6.70. The van der Waals surface area contributed by atoms with Crippen LogP contribution in [0.1, 0.15) is 5.56 Å². The van der Waals surface area contributed by atoms with Gasteiger partial charge < -0.3 is 4.74 Å². The van der Waals surface area contributed by atoms with Crippen molar-refractivity contribution in [3.05, 3.63) is 78.5 Å². The highest BCUT2D eigenvalue weighted by Gasteiger charge is 2.17. The van der Waals surface area contributed by atoms with Gasteiger partial charge in [-0.25, -0.2) is 14.5 Å². The number of hydrogen-bond acceptors (Lipinski definition) is 4. The molecule has 3 heterocycles. The van der Waals surface area contributed by atoms with Crippen LogP contribution < -0.4 is 4.74 Å². The summed E-state index contributed by atoms with van der Waals surface area (Å²) in [4.78, 5) is 9.33. The second kappa shape index (κ2) is 6.46. The smallest absolute Gasteiger partial charge is 0.183 e. The highest BCUT2D eigenvalue weighted by molar-refractivity contribution is 5.92. The van der Waals surface area contributed by atoms with E-state index < -0.39 is 0 Å². The molecule has 0 aliphatic carbocycles. The van der Waals surface area contributed by atoms with Crippen LogP contribution in [0.15, 0.2) is 72.9 Å². The first-order valence-electron chi connectivity index (χ1n) is 9.09. The lowest BCUT2D eigenvalue weighted by Gasteiger charge is -2.12. The molecule has 136 valence electrons. The first kappa shape index (κ1) is 16.4. The lowest BCUT2D eigenvalue weighted by Crippen LogP contribution is -2.00. The van der Waals surface area contributed by atoms with Gasteiger partial charge in [0.1, 0.15) is 5.75 Å². The molecule has 0 fully saturated rings. The molecule has 0 N–H and O–H groups in total. The van der Waals surface area contributed by atoms with Crippen LogP contribution in [0, 0.1) is 6.92 Å². The van der Waals surface area contributed by atoms with Gasteiger partial charge in [0.15, 0.2) is 11.3 Å². The summed E-state index contributed by atoms with van der Waals surface area (Å²) in [6.07, 6.45) is 1.75. The summed E-state index contributed by atoms with van der Waals surface area (Å²) in [5, 5.41) is 5.63. The van der Waals surface area contributed by atoms with Crippen LogP contribution in [0.4, 0.5) is 0 Å². The maximum absolute atomic E-state index is 5.61. The van der Waals surface area contributed by atoms with E-state index in [1.54, 1.807) is 13.3 Å². The van der Waals surface area contributed by atoms with Gasteiger partial charge in [-0.2, -0.15) is 0 Å². The molecule has 0 saturated heterocycles. The van der Waals surface area contributed by atoms with Crippen LogP contribution in [0.3, 0.4) is 0 Å². The number of pyridine rings is 1. The van der Waals surface area contributed by atoms with Crippen LogP contribution in [0.5, 0.6) is 5.75 Å². The van der Waals surface area contributed by atoms with Gasteiger partial charge in [0.25, 0.3) is 0 Å². The van der Waals surface area contributed by atoms with Crippen LogP contribution in [-0.2, 0) is 0 Å². The maximum atomic E-state index is 5.61. The second-order valence-corrected chi connectivity index (χ2v) is 6.70. The lowest BCUT2D eigenvalue weighted by atomic mass is 10.1. The van der Waals surface area contributed by atoms with Crippen LogP contribution in [0.25, 0.3) is 39.2 Å². The lowest BCUT2D eigenvalue weighted by molar-refractivity contribution is 0.416. The van der Waals surface area contributed by atoms with Crippen molar-refractivity contribution >= 4 is 16.7 Å². The molecular formula is C23H18N4O. The van der Waals surface area contributed by atoms with Crippen molar-refractivity contribution < 1.29 is 4.74 Å². The zero-order valence-corrected chi connectivity index (χ0v) is 15.6. The summed E-state index contributed by atoms with van der Waals surface area (Å²) in [7, 11) is 1.68. The zero-order valence-electron chi connectivity index (χ0n) is 15.6. The monoisotopic (exact) mass is 366 g/mol. The number of aryl methyl sites for hydroxylation is 1. The molecule has 0 bridgehead atoms. The van der Waals surface area contributed by atoms with Gasteiger partial charge >= 0.3 is 0 Å². The normalized spacial score (nSPS) is 11.2. The average molecular weight is 366 g/mol. The van der Waals surface area contributed by atoms with E-state index >= 15 is 0 Å². The first-order valence-corrected chi connectivity index (χ1v) is 9.09. The predicted octanol–water partition coefficient (Wildman–Crippen LogP) is 4.93. The van der Waals surface area contributed by atoms with E-state index in [0.29, 0.717) is 5.65 Å². The quantitative estimate of drug-likeness (QED) is 0.454. The van der Waals surface area contributed by atoms with Crippen molar-refractivity contribution in [2.45, 2.75) is 6.92 Å². The topological polar surface area (TPSA) is 52.3 Å². The fraction of sp³-hybridized carbons (Fsp3) is 0.0870. The molecule has 2 aromatic carbocycles. The average Bonchev–Trinajstić information content (AvgIpc) is 3.12. The van der Waals surface area contributed by atoms with Crippen LogP contribution >= 0.6 is 0 Å². The number of rotatable bonds is 3. The fourth-order valence-electron chi connectivity index (χ4n) is 3.44. The van der Waals surface area contributed by atoms with Gasteiger partial charge in [-0.3, -0.25) is 0 Å². The molecule has 5 heteroatoms. The van der Waals surface area contributed by atoms with Crippen molar-refractivity contribution in [1.82, 2.24) is 19.6 Å². The third kappa shape index (κ3) is 2.60. The Kier molecular flexibility index (Phi) is 3.79. The maximum Gasteiger partial charge on any atom is 0.183 e. The number of ether oxygens (including phenoxy) is 1. The standard InChI is InChI=1S/C23H18N4O/c1-15-9-11-16(12-10-15)19-14-20(17-6-3-4-8-21(17)28-2)27-23(25-19)18-7-5-13-24-22(18)26-27/h3-14H,1-2H3. The van der Waals surface area contributed by atoms with E-state index in [1.165, 1.54) is 5.56 Å². The van der Waals surface area contributed by atoms with E-state index in [2.05, 4.69) is 42.2 Å². The molecule has 28 heavy (non-hydrogen) atoms. The molecule has 5 rings (SSSR count). The third-order valence-electron chi connectivity index (χ3n) is 4.88. The minimum atomic E-state index is 0.673. The molecule has 0 saturated carbocycles. The van der Waals surface area contributed by atoms with Gasteiger partial charge in [-0.05, 0) is 37.3 Å². The summed E-state index contributed by atoms with van der Waals surface area (Å²) in [6, 6.07) is 22.3. The van der Waals surface area contributed by atoms with Crippen molar-refractivity contribution in [3.8, 4) is 28.3 Å². The molecule has 0 amide bonds. The summed E-state index contributed by atoms with van der Waals surface area (Å²) >= 11 is 0. The van der Waals surface area contributed by atoms with E-state index in [-0.39, 0.29) is 0 Å². The van der Waals surface area contributed by atoms with Gasteiger partial charge in [-0.15, -0.1) is 5.10 Å². The highest BCUT2D eigenvalue weighted by atomic mass is 16.5. The Bertz CT molecular complexity index is 1310. The number of aromatic nitrogens is 4. The number of methoxy groups -OCH3 is 1. The summed E-state index contributed by atoms with van der Waals surface area (Å²) in [5.74, 6) is 0.789. The number of benzene rings is 2. The molecule has 0 unspecified atom stereocenters. The Morgan fingerprint density at radius 1 is 0.929 bits per heavy atom. The molecule has 5 aromatic rings. The van der Waals surface area contributed by atoms with Gasteiger partial charge in [0, 0.05) is 17.3 Å². The van der Waals surface area contributed by atoms with E-state index in [0.717, 1.165) is 39.3 Å². The summed E-state index contributed by atoms with van der Waals surface area (Å²) in [5.41, 5.74) is 6.49. The Morgan fingerprint density at radius 2 is 1.75 bits per heavy atom. The van der Waals surface area contributed by atoms with Crippen molar-refractivity contribution in [1.29, 1.82) is 0 Å². The van der Waals surface area contributed by atoms with E-state index in [9.17, 15) is 0 Å². The van der Waals surface area contributed by atoms with Crippen molar-refractivity contribution in [3.63, 3.8) is 0 Å². The molecule has 0 atom stereocenters. The molecule has 0 aliphatic heterocycles. The summed E-state index contributed by atoms with van der Waals surface area (Å²) in [6.45, 7) is 2.08. The Labute approximate surface area is 162 Å². The highest BCUT2D eigenvalue weighted by Crippen LogP contribution is 2.33. The molecule has 3 aromatic heterocycles. The fourth-order valence-corrected chi connectivity index (χ4v) is 3.44. The molecule has 0 radical (unpaired) electrons. The van der Waals surface area contributed by atoms with Gasteiger partial charge in [0.05, 0.1) is 23.9 Å². The Hall–Kier alpha value is -3.73. The zero-order chi connectivity index (χ0) is 19.1. The van der Waals surface area contributed by atoms with Gasteiger partial charge in [0.2, 0.25) is 0 Å². The first-order chi connectivity index (χ1) is 13.7. The molecule has 0 aliphatic rings. The van der Waals surface area contributed by atoms with Gasteiger partial charge in [-0.1, -0.05) is 42.0 Å². The number of fused-ring (bicyclic) bond motifs is 3. The largest absolute Gasteiger partial charge is 0.496 e. The van der Waals surface area contributed by atoms with Crippen LogP contribution in [-0.4, -0.2) is 26.7 Å². The number of para-hydroxylation sites is 1. The summed E-state index contributed by atoms with van der Waals surface area (Å²) < 4.78 is 7.46. The van der Waals surface area contributed by atoms with Crippen molar-refractivity contribution in [2.75, 3.05) is 7.11 Å². The molecule has 5 nitrogen and oxygen atoms in total. The Morgan fingerprint density at radius 3 is 2.57 bits per heavy atom. The SMILES string of the molecule is COc1ccccc1-c1cc(-c2ccc(C)cc2)nc2c3cccnc3nn12. The Balaban J connectivity index is 1.88. The van der Waals surface area contributed by atoms with E-state index in [1.807, 2.05) is 40.9 Å². The van der Waals surface area contributed by atoms with Crippen LogP contribution in [0.2, 0.25) is 0 Å². The minimum Gasteiger partial charge on any atom is -0.496 e. The number of hydrogen-bond donors (Lipinski definition) is 0. The third-order valence-corrected chi connectivity index (χ3v) is 4.88. The van der Waals surface area contributed by atoms with E-state index in [4.69, 9.17) is 14.8 Å². The molecular weight excluding hydrogens is 348 g/mol. The predicted molar refractivity (Wildman–Crippen MR) is 110 cm³/mol. The molecule has 0 spiro atoms. The minimum absolute atomic E-state index is 0.673.